The Labute approximate surface area is 171 Å². The number of quaternary nitrogens is 1. The molecular formula is C21H20FN4O2S+. The summed E-state index contributed by atoms with van der Waals surface area (Å²) in [4.78, 5) is 34.7. The molecule has 5 rings (SSSR count). The third-order valence-electron chi connectivity index (χ3n) is 5.68. The SMILES string of the molecule is O=C1C[C@@H]([NH+]2CCN(c3nc4ccccc4s3)CC2)C(=O)N1c1ccc(F)cc1. The Hall–Kier alpha value is -2.84. The highest BCUT2D eigenvalue weighted by atomic mass is 32.1. The van der Waals surface area contributed by atoms with Crippen LogP contribution in [-0.2, 0) is 9.59 Å². The van der Waals surface area contributed by atoms with Crippen LogP contribution in [-0.4, -0.2) is 49.0 Å². The molecule has 0 spiro atoms. The monoisotopic (exact) mass is 411 g/mol. The predicted octanol–water partition coefficient (Wildman–Crippen LogP) is 1.47. The molecule has 0 saturated carbocycles. The summed E-state index contributed by atoms with van der Waals surface area (Å²) >= 11 is 1.68. The van der Waals surface area contributed by atoms with Gasteiger partial charge in [-0.3, -0.25) is 9.59 Å². The summed E-state index contributed by atoms with van der Waals surface area (Å²) in [5.41, 5.74) is 1.45. The topological polar surface area (TPSA) is 58.0 Å². The number of hydrogen-bond donors (Lipinski definition) is 1. The predicted molar refractivity (Wildman–Crippen MR) is 110 cm³/mol. The van der Waals surface area contributed by atoms with Crippen molar-refractivity contribution in [2.24, 2.45) is 0 Å². The van der Waals surface area contributed by atoms with Gasteiger partial charge in [-0.25, -0.2) is 14.3 Å². The van der Waals surface area contributed by atoms with Crippen molar-refractivity contribution in [3.05, 3.63) is 54.3 Å². The summed E-state index contributed by atoms with van der Waals surface area (Å²) in [6.45, 7) is 3.14. The van der Waals surface area contributed by atoms with Crippen LogP contribution >= 0.6 is 11.3 Å². The highest BCUT2D eigenvalue weighted by molar-refractivity contribution is 7.22. The average Bonchev–Trinajstić information content (AvgIpc) is 3.30. The van der Waals surface area contributed by atoms with Crippen LogP contribution in [0.1, 0.15) is 6.42 Å². The van der Waals surface area contributed by atoms with Crippen molar-refractivity contribution in [2.45, 2.75) is 12.5 Å². The van der Waals surface area contributed by atoms with Crippen LogP contribution in [0.15, 0.2) is 48.5 Å². The van der Waals surface area contributed by atoms with Gasteiger partial charge in [0.05, 0.1) is 48.5 Å². The third-order valence-corrected chi connectivity index (χ3v) is 6.78. The minimum Gasteiger partial charge on any atom is -0.337 e. The first kappa shape index (κ1) is 18.2. The Kier molecular flexibility index (Phi) is 4.52. The summed E-state index contributed by atoms with van der Waals surface area (Å²) in [5, 5.41) is 1.01. The summed E-state index contributed by atoms with van der Waals surface area (Å²) in [7, 11) is 0. The second-order valence-corrected chi connectivity index (χ2v) is 8.42. The van der Waals surface area contributed by atoms with Crippen LogP contribution in [0.2, 0.25) is 0 Å². The van der Waals surface area contributed by atoms with Crippen molar-refractivity contribution in [1.29, 1.82) is 0 Å². The zero-order valence-electron chi connectivity index (χ0n) is 15.7. The van der Waals surface area contributed by atoms with Gasteiger partial charge in [0.15, 0.2) is 11.2 Å². The highest BCUT2D eigenvalue weighted by Gasteiger charge is 2.46. The first-order valence-electron chi connectivity index (χ1n) is 9.67. The zero-order chi connectivity index (χ0) is 20.0. The molecule has 1 aromatic heterocycles. The van der Waals surface area contributed by atoms with E-state index in [9.17, 15) is 14.0 Å². The van der Waals surface area contributed by atoms with Gasteiger partial charge in [0.2, 0.25) is 5.91 Å². The number of anilines is 2. The molecule has 6 nitrogen and oxygen atoms in total. The summed E-state index contributed by atoms with van der Waals surface area (Å²) in [5.74, 6) is -0.793. The number of rotatable bonds is 3. The fraction of sp³-hybridized carbons (Fsp3) is 0.286. The van der Waals surface area contributed by atoms with E-state index in [2.05, 4.69) is 11.0 Å². The first-order chi connectivity index (χ1) is 14.1. The number of hydrogen-bond acceptors (Lipinski definition) is 5. The van der Waals surface area contributed by atoms with Gasteiger partial charge in [-0.2, -0.15) is 0 Å². The molecular weight excluding hydrogens is 391 g/mol. The number of nitrogens with zero attached hydrogens (tertiary/aromatic N) is 3. The molecule has 148 valence electrons. The van der Waals surface area contributed by atoms with Gasteiger partial charge in [0.25, 0.3) is 5.91 Å². The number of amides is 2. The van der Waals surface area contributed by atoms with E-state index in [-0.39, 0.29) is 30.1 Å². The molecule has 3 heterocycles. The minimum absolute atomic E-state index is 0.190. The van der Waals surface area contributed by atoms with E-state index in [4.69, 9.17) is 4.98 Å². The number of carbonyl (C=O) groups is 2. The molecule has 2 aliphatic heterocycles. The molecule has 3 aromatic rings. The van der Waals surface area contributed by atoms with E-state index < -0.39 is 0 Å². The van der Waals surface area contributed by atoms with Gasteiger partial charge in [-0.15, -0.1) is 0 Å². The Morgan fingerprint density at radius 1 is 1.03 bits per heavy atom. The van der Waals surface area contributed by atoms with Crippen molar-refractivity contribution in [3.63, 3.8) is 0 Å². The lowest BCUT2D eigenvalue weighted by Crippen LogP contribution is -3.19. The van der Waals surface area contributed by atoms with Crippen molar-refractivity contribution in [1.82, 2.24) is 4.98 Å². The molecule has 2 saturated heterocycles. The lowest BCUT2D eigenvalue weighted by molar-refractivity contribution is -0.915. The van der Waals surface area contributed by atoms with Crippen molar-refractivity contribution >= 4 is 44.2 Å². The first-order valence-corrected chi connectivity index (χ1v) is 10.5. The molecule has 8 heteroatoms. The minimum atomic E-state index is -0.388. The molecule has 0 bridgehead atoms. The van der Waals surface area contributed by atoms with Crippen LogP contribution in [0.3, 0.4) is 0 Å². The molecule has 29 heavy (non-hydrogen) atoms. The Morgan fingerprint density at radius 3 is 2.48 bits per heavy atom. The number of benzene rings is 2. The lowest BCUT2D eigenvalue weighted by atomic mass is 10.2. The van der Waals surface area contributed by atoms with Gasteiger partial charge in [0, 0.05) is 0 Å². The van der Waals surface area contributed by atoms with Crippen molar-refractivity contribution < 1.29 is 18.9 Å². The molecule has 0 radical (unpaired) electrons. The van der Waals surface area contributed by atoms with E-state index in [1.165, 1.54) is 33.9 Å². The highest BCUT2D eigenvalue weighted by Crippen LogP contribution is 2.28. The number of para-hydroxylation sites is 1. The van der Waals surface area contributed by atoms with Gasteiger partial charge >= 0.3 is 0 Å². The van der Waals surface area contributed by atoms with Crippen molar-refractivity contribution in [2.75, 3.05) is 36.0 Å². The smallest absolute Gasteiger partial charge is 0.292 e. The van der Waals surface area contributed by atoms with Crippen LogP contribution in [0.4, 0.5) is 15.2 Å². The number of nitrogens with one attached hydrogen (secondary N) is 1. The summed E-state index contributed by atoms with van der Waals surface area (Å²) < 4.78 is 14.3. The quantitative estimate of drug-likeness (QED) is 0.664. The number of carbonyl (C=O) groups excluding carboxylic acids is 2. The number of fused-ring (bicyclic) bond motifs is 1. The Balaban J connectivity index is 1.27. The van der Waals surface area contributed by atoms with E-state index in [0.29, 0.717) is 5.69 Å². The van der Waals surface area contributed by atoms with E-state index in [1.54, 1.807) is 11.3 Å². The standard InChI is InChI=1S/C21H19FN4O2S/c22-14-5-7-15(8-6-14)26-19(27)13-17(20(26)28)24-9-11-25(12-10-24)21-23-16-3-1-2-4-18(16)29-21/h1-8,17H,9-13H2/p+1/t17-/m1/s1. The second-order valence-electron chi connectivity index (χ2n) is 7.41. The fourth-order valence-electron chi connectivity index (χ4n) is 4.14. The number of halogens is 1. The van der Waals surface area contributed by atoms with Crippen LogP contribution < -0.4 is 14.7 Å². The molecule has 2 aromatic carbocycles. The third kappa shape index (κ3) is 3.28. The maximum atomic E-state index is 13.2. The molecule has 1 atom stereocenters. The second kappa shape index (κ2) is 7.20. The molecule has 1 N–H and O–H groups in total. The molecule has 0 unspecified atom stereocenters. The van der Waals surface area contributed by atoms with E-state index in [1.807, 2.05) is 18.2 Å². The number of piperazine rings is 1. The molecule has 2 aliphatic rings. The summed E-state index contributed by atoms with van der Waals surface area (Å²) in [6, 6.07) is 13.2. The molecule has 2 fully saturated rings. The maximum absolute atomic E-state index is 13.2. The largest absolute Gasteiger partial charge is 0.337 e. The van der Waals surface area contributed by atoms with E-state index >= 15 is 0 Å². The number of thiazole rings is 1. The molecule has 0 aliphatic carbocycles. The Bertz CT molecular complexity index is 1040. The van der Waals surface area contributed by atoms with Crippen LogP contribution in [0.5, 0.6) is 0 Å². The Morgan fingerprint density at radius 2 is 1.76 bits per heavy atom. The van der Waals surface area contributed by atoms with Gasteiger partial charge in [-0.1, -0.05) is 23.5 Å². The van der Waals surface area contributed by atoms with E-state index in [0.717, 1.165) is 41.7 Å². The van der Waals surface area contributed by atoms with Gasteiger partial charge in [-0.05, 0) is 36.4 Å². The van der Waals surface area contributed by atoms with Crippen LogP contribution in [0.25, 0.3) is 10.2 Å². The average molecular weight is 411 g/mol. The normalized spacial score (nSPS) is 20.8. The number of imide groups is 1. The lowest BCUT2D eigenvalue weighted by Gasteiger charge is -2.34. The van der Waals surface area contributed by atoms with Crippen LogP contribution in [0, 0.1) is 5.82 Å². The van der Waals surface area contributed by atoms with Gasteiger partial charge < -0.3 is 9.80 Å². The maximum Gasteiger partial charge on any atom is 0.292 e. The fourth-order valence-corrected chi connectivity index (χ4v) is 5.16. The van der Waals surface area contributed by atoms with Gasteiger partial charge in [0.1, 0.15) is 5.82 Å². The molecule has 2 amide bonds. The van der Waals surface area contributed by atoms with Crippen molar-refractivity contribution in [3.8, 4) is 0 Å². The number of aromatic nitrogens is 1. The zero-order valence-corrected chi connectivity index (χ0v) is 16.5. The summed E-state index contributed by atoms with van der Waals surface area (Å²) in [6.07, 6.45) is 0.201.